The normalized spacial score (nSPS) is 27.2. The molecule has 0 unspecified atom stereocenters. The summed E-state index contributed by atoms with van der Waals surface area (Å²) in [5, 5.41) is 2.82. The van der Waals surface area contributed by atoms with Crippen molar-refractivity contribution in [3.05, 3.63) is 35.1 Å². The van der Waals surface area contributed by atoms with E-state index in [4.69, 9.17) is 15.2 Å². The van der Waals surface area contributed by atoms with Crippen molar-refractivity contribution in [3.8, 4) is 0 Å². The van der Waals surface area contributed by atoms with Crippen LogP contribution in [0.1, 0.15) is 69.9 Å². The van der Waals surface area contributed by atoms with Crippen LogP contribution in [0.25, 0.3) is 0 Å². The zero-order valence-corrected chi connectivity index (χ0v) is 23.9. The molecule has 4 fully saturated rings. The lowest BCUT2D eigenvalue weighted by Gasteiger charge is -2.41. The summed E-state index contributed by atoms with van der Waals surface area (Å²) in [5.41, 5.74) is 5.12. The van der Waals surface area contributed by atoms with Gasteiger partial charge in [-0.2, -0.15) is 0 Å². The minimum atomic E-state index is -1.49. The van der Waals surface area contributed by atoms with Crippen LogP contribution in [0.2, 0.25) is 0 Å². The quantitative estimate of drug-likeness (QED) is 0.472. The van der Waals surface area contributed by atoms with Gasteiger partial charge < -0.3 is 25.3 Å². The van der Waals surface area contributed by atoms with E-state index >= 15 is 4.39 Å². The van der Waals surface area contributed by atoms with Crippen LogP contribution in [0.5, 0.6) is 0 Å². The number of nitrogens with two attached hydrogens (primary N) is 1. The Morgan fingerprint density at radius 2 is 1.88 bits per heavy atom. The number of likely N-dealkylation sites (tertiary alicyclic amines) is 2. The van der Waals surface area contributed by atoms with Crippen molar-refractivity contribution in [3.63, 3.8) is 0 Å². The van der Waals surface area contributed by atoms with Gasteiger partial charge in [0.15, 0.2) is 0 Å². The minimum Gasteiger partial charge on any atom is -0.444 e. The van der Waals surface area contributed by atoms with Crippen molar-refractivity contribution in [2.24, 2.45) is 11.7 Å². The van der Waals surface area contributed by atoms with E-state index in [2.05, 4.69) is 10.2 Å². The van der Waals surface area contributed by atoms with E-state index in [-0.39, 0.29) is 30.8 Å². The highest BCUT2D eigenvalue weighted by molar-refractivity contribution is 5.90. The number of nitrogens with zero attached hydrogens (tertiary/aromatic N) is 2. The molecule has 0 aromatic heterocycles. The van der Waals surface area contributed by atoms with Gasteiger partial charge in [-0.25, -0.2) is 9.18 Å². The molecule has 40 heavy (non-hydrogen) atoms. The number of carbonyl (C=O) groups excluding carboxylic acids is 3. The molecule has 0 spiro atoms. The second kappa shape index (κ2) is 11.4. The maximum absolute atomic E-state index is 15.4. The fourth-order valence-corrected chi connectivity index (χ4v) is 6.84. The average Bonchev–Trinajstić information content (AvgIpc) is 3.50. The van der Waals surface area contributed by atoms with E-state index in [1.165, 1.54) is 4.90 Å². The Hall–Kier alpha value is -2.56. The number of aldehydes is 1. The zero-order chi connectivity index (χ0) is 28.7. The molecule has 3 N–H and O–H groups in total. The molecule has 220 valence electrons. The predicted octanol–water partition coefficient (Wildman–Crippen LogP) is 2.75. The van der Waals surface area contributed by atoms with Crippen molar-refractivity contribution < 1.29 is 28.2 Å². The zero-order valence-electron chi connectivity index (χ0n) is 23.9. The number of carbonyl (C=O) groups is 3. The van der Waals surface area contributed by atoms with Gasteiger partial charge in [0.2, 0.25) is 5.91 Å². The molecule has 4 atom stereocenters. The lowest BCUT2D eigenvalue weighted by atomic mass is 9.86. The molecule has 2 amide bonds. The second-order valence-corrected chi connectivity index (χ2v) is 13.1. The largest absolute Gasteiger partial charge is 0.444 e. The van der Waals surface area contributed by atoms with E-state index in [9.17, 15) is 14.4 Å². The van der Waals surface area contributed by atoms with Crippen LogP contribution in [0.15, 0.2) is 18.2 Å². The van der Waals surface area contributed by atoms with Crippen molar-refractivity contribution in [1.29, 1.82) is 0 Å². The average molecular weight is 559 g/mol. The van der Waals surface area contributed by atoms with Gasteiger partial charge in [-0.3, -0.25) is 14.6 Å². The summed E-state index contributed by atoms with van der Waals surface area (Å²) >= 11 is 0. The highest BCUT2D eigenvalue weighted by Crippen LogP contribution is 2.43. The molecule has 1 aromatic rings. The number of rotatable bonds is 8. The summed E-state index contributed by atoms with van der Waals surface area (Å²) in [4.78, 5) is 43.0. The van der Waals surface area contributed by atoms with Gasteiger partial charge in [0.05, 0.1) is 19.3 Å². The van der Waals surface area contributed by atoms with E-state index < -0.39 is 35.0 Å². The van der Waals surface area contributed by atoms with Crippen LogP contribution in [0, 0.1) is 11.7 Å². The molecule has 3 saturated heterocycles. The van der Waals surface area contributed by atoms with Crippen molar-refractivity contribution in [2.75, 3.05) is 32.8 Å². The van der Waals surface area contributed by atoms with Crippen LogP contribution >= 0.6 is 0 Å². The van der Waals surface area contributed by atoms with E-state index in [0.29, 0.717) is 17.9 Å². The lowest BCUT2D eigenvalue weighted by molar-refractivity contribution is -0.132. The van der Waals surface area contributed by atoms with Gasteiger partial charge in [-0.05, 0) is 95.0 Å². The van der Waals surface area contributed by atoms with E-state index in [1.54, 1.807) is 32.9 Å². The summed E-state index contributed by atoms with van der Waals surface area (Å²) < 4.78 is 26.3. The third-order valence-corrected chi connectivity index (χ3v) is 9.14. The number of piperidine rings is 2. The predicted molar refractivity (Wildman–Crippen MR) is 147 cm³/mol. The Bertz CT molecular complexity index is 1110. The maximum Gasteiger partial charge on any atom is 0.411 e. The van der Waals surface area contributed by atoms with E-state index in [1.807, 2.05) is 6.07 Å². The Morgan fingerprint density at radius 1 is 1.15 bits per heavy atom. The molecule has 4 aliphatic rings. The van der Waals surface area contributed by atoms with Crippen molar-refractivity contribution in [1.82, 2.24) is 15.1 Å². The fourth-order valence-electron chi connectivity index (χ4n) is 6.84. The van der Waals surface area contributed by atoms with Crippen LogP contribution in [-0.4, -0.2) is 90.2 Å². The topological polar surface area (TPSA) is 114 Å². The smallest absolute Gasteiger partial charge is 0.411 e. The molecule has 1 saturated carbocycles. The van der Waals surface area contributed by atoms with Gasteiger partial charge >= 0.3 is 6.09 Å². The van der Waals surface area contributed by atoms with Crippen LogP contribution in [0.4, 0.5) is 9.18 Å². The summed E-state index contributed by atoms with van der Waals surface area (Å²) in [6.45, 7) is 8.70. The van der Waals surface area contributed by atoms with Gasteiger partial charge in [0.25, 0.3) is 0 Å². The van der Waals surface area contributed by atoms with Crippen molar-refractivity contribution >= 4 is 18.3 Å². The van der Waals surface area contributed by atoms with Crippen LogP contribution in [0.3, 0.4) is 0 Å². The van der Waals surface area contributed by atoms with Gasteiger partial charge in [-0.1, -0.05) is 12.1 Å². The highest BCUT2D eigenvalue weighted by atomic mass is 19.1. The van der Waals surface area contributed by atoms with Gasteiger partial charge in [-0.15, -0.1) is 0 Å². The van der Waals surface area contributed by atoms with Crippen LogP contribution in [-0.2, 0) is 25.5 Å². The summed E-state index contributed by atoms with van der Waals surface area (Å²) in [6, 6.07) is 4.90. The van der Waals surface area contributed by atoms with Gasteiger partial charge in [0.1, 0.15) is 29.3 Å². The number of amides is 2. The molecule has 5 rings (SSSR count). The van der Waals surface area contributed by atoms with Crippen LogP contribution < -0.4 is 11.1 Å². The molecule has 1 aromatic carbocycles. The number of hydrogen-bond acceptors (Lipinski definition) is 7. The summed E-state index contributed by atoms with van der Waals surface area (Å²) in [6.07, 6.45) is 4.28. The Kier molecular flexibility index (Phi) is 8.23. The first-order chi connectivity index (χ1) is 19.0. The second-order valence-electron chi connectivity index (χ2n) is 13.1. The monoisotopic (exact) mass is 558 g/mol. The number of ether oxygens (including phenoxy) is 2. The molecule has 2 bridgehead atoms. The Labute approximate surface area is 235 Å². The highest BCUT2D eigenvalue weighted by Gasteiger charge is 2.53. The number of nitrogens with one attached hydrogen (secondary N) is 1. The van der Waals surface area contributed by atoms with E-state index in [0.717, 1.165) is 64.0 Å². The molecule has 3 heterocycles. The first kappa shape index (κ1) is 29.0. The minimum absolute atomic E-state index is 0.0149. The Balaban J connectivity index is 1.26. The first-order valence-corrected chi connectivity index (χ1v) is 14.6. The third kappa shape index (κ3) is 5.90. The summed E-state index contributed by atoms with van der Waals surface area (Å²) in [5.74, 6) is -0.589. The lowest BCUT2D eigenvalue weighted by Crippen LogP contribution is -2.62. The van der Waals surface area contributed by atoms with Gasteiger partial charge in [0, 0.05) is 19.0 Å². The molecular weight excluding hydrogens is 515 g/mol. The fraction of sp³-hybridized carbons (Fsp3) is 0.700. The molecular formula is C30H43FN4O5. The number of benzene rings is 1. The molecule has 0 radical (unpaired) electrons. The number of hydrogen-bond donors (Lipinski definition) is 2. The number of fused-ring (bicyclic) bond motifs is 2. The number of halogens is 1. The third-order valence-electron chi connectivity index (χ3n) is 9.14. The Morgan fingerprint density at radius 3 is 2.45 bits per heavy atom. The molecule has 1 aliphatic carbocycles. The molecule has 3 aliphatic heterocycles. The standard InChI is InChI=1S/C30H43FN4O5/c1-29(2,3)40-28(38)35-23-7-6-21(12-23)26(35)27(37)33-30(17-32,18-36)14-22-5-4-20(13-25(22)31)19-8-10-34(11-9-19)24-15-39-16-24/h4-5,13,18-19,21,23-24,26H,6-12,14-17,32H2,1-3H3,(H,33,37)/t21-,23+,26-,30+/m0/s1. The summed E-state index contributed by atoms with van der Waals surface area (Å²) in [7, 11) is 0. The SMILES string of the molecule is CC(C)(C)OC(=O)N1[C@@H]2CC[C@@H](C2)[C@H]1C(=O)N[C@@](C=O)(CN)Cc1ccc(C2CCN(C3COC3)CC2)cc1F. The molecule has 9 nitrogen and oxygen atoms in total. The maximum atomic E-state index is 15.4. The first-order valence-electron chi connectivity index (χ1n) is 14.6. The van der Waals surface area contributed by atoms with Crippen molar-refractivity contribution in [2.45, 2.75) is 94.5 Å². The molecule has 10 heteroatoms.